The Balaban J connectivity index is 2.35. The minimum Gasteiger partial charge on any atom is -0.507 e. The highest BCUT2D eigenvalue weighted by molar-refractivity contribution is 14.1. The van der Waals surface area contributed by atoms with Crippen molar-refractivity contribution in [3.63, 3.8) is 0 Å². The maximum absolute atomic E-state index is 14.2. The summed E-state index contributed by atoms with van der Waals surface area (Å²) in [5.41, 5.74) is 1.95. The Morgan fingerprint density at radius 3 is 2.65 bits per heavy atom. The van der Waals surface area contributed by atoms with E-state index in [1.807, 2.05) is 0 Å². The number of aryl methyl sites for hydroxylation is 1. The Bertz CT molecular complexity index is 933. The standard InChI is InChI=1S/C17H13FINO3/c1-20-13-8-14(21)11(17(22)23-2)7-10(13)15(19)16(20)9-5-3-4-6-12(9)18/h3-8,21H,1-2H3. The van der Waals surface area contributed by atoms with E-state index in [0.717, 1.165) is 8.96 Å². The molecule has 0 radical (unpaired) electrons. The lowest BCUT2D eigenvalue weighted by Gasteiger charge is -2.07. The minimum absolute atomic E-state index is 0.0867. The number of phenolic OH excluding ortho intramolecular Hbond substituents is 1. The molecular weight excluding hydrogens is 412 g/mol. The fraction of sp³-hybridized carbons (Fsp3) is 0.118. The first-order valence-electron chi connectivity index (χ1n) is 6.79. The van der Waals surface area contributed by atoms with E-state index in [1.165, 1.54) is 19.2 Å². The molecule has 118 valence electrons. The maximum Gasteiger partial charge on any atom is 0.341 e. The summed E-state index contributed by atoms with van der Waals surface area (Å²) in [4.78, 5) is 11.8. The number of fused-ring (bicyclic) bond motifs is 1. The van der Waals surface area contributed by atoms with Gasteiger partial charge in [0.1, 0.15) is 17.1 Å². The zero-order chi connectivity index (χ0) is 16.7. The van der Waals surface area contributed by atoms with Crippen LogP contribution in [-0.2, 0) is 11.8 Å². The first-order chi connectivity index (χ1) is 11.0. The van der Waals surface area contributed by atoms with Crippen molar-refractivity contribution < 1.29 is 19.0 Å². The van der Waals surface area contributed by atoms with Crippen LogP contribution in [0.2, 0.25) is 0 Å². The molecule has 0 spiro atoms. The fourth-order valence-electron chi connectivity index (χ4n) is 2.65. The zero-order valence-corrected chi connectivity index (χ0v) is 14.6. The predicted octanol–water partition coefficient (Wildman–Crippen LogP) is 4.08. The van der Waals surface area contributed by atoms with E-state index >= 15 is 0 Å². The molecule has 1 heterocycles. The third-order valence-electron chi connectivity index (χ3n) is 3.79. The Morgan fingerprint density at radius 1 is 1.30 bits per heavy atom. The maximum atomic E-state index is 14.2. The second-order valence-electron chi connectivity index (χ2n) is 5.08. The molecule has 0 aliphatic carbocycles. The molecule has 0 amide bonds. The highest BCUT2D eigenvalue weighted by Gasteiger charge is 2.21. The number of carbonyl (C=O) groups is 1. The van der Waals surface area contributed by atoms with Gasteiger partial charge in [-0.15, -0.1) is 0 Å². The summed E-state index contributed by atoms with van der Waals surface area (Å²) in [6.45, 7) is 0. The topological polar surface area (TPSA) is 51.5 Å². The van der Waals surface area contributed by atoms with Crippen molar-refractivity contribution in [2.24, 2.45) is 7.05 Å². The van der Waals surface area contributed by atoms with Gasteiger partial charge < -0.3 is 14.4 Å². The molecular formula is C17H13FINO3. The molecule has 3 rings (SSSR count). The zero-order valence-electron chi connectivity index (χ0n) is 12.4. The summed E-state index contributed by atoms with van der Waals surface area (Å²) < 4.78 is 21.4. The van der Waals surface area contributed by atoms with Crippen molar-refractivity contribution in [3.8, 4) is 17.0 Å². The van der Waals surface area contributed by atoms with E-state index in [1.54, 1.807) is 35.9 Å². The number of benzene rings is 2. The molecule has 4 nitrogen and oxygen atoms in total. The first-order valence-corrected chi connectivity index (χ1v) is 7.87. The number of methoxy groups -OCH3 is 1. The number of aromatic hydroxyl groups is 1. The van der Waals surface area contributed by atoms with Crippen LogP contribution in [0.25, 0.3) is 22.2 Å². The fourth-order valence-corrected chi connectivity index (χ4v) is 3.74. The molecule has 0 saturated heterocycles. The van der Waals surface area contributed by atoms with E-state index < -0.39 is 5.97 Å². The third-order valence-corrected chi connectivity index (χ3v) is 4.88. The van der Waals surface area contributed by atoms with Crippen LogP contribution in [0.5, 0.6) is 5.75 Å². The molecule has 2 aromatic carbocycles. The van der Waals surface area contributed by atoms with E-state index in [-0.39, 0.29) is 17.1 Å². The molecule has 0 aliphatic heterocycles. The molecule has 0 unspecified atom stereocenters. The predicted molar refractivity (Wildman–Crippen MR) is 94.0 cm³/mol. The number of nitrogens with zero attached hydrogens (tertiary/aromatic N) is 1. The van der Waals surface area contributed by atoms with Gasteiger partial charge in [0, 0.05) is 27.6 Å². The lowest BCUT2D eigenvalue weighted by Crippen LogP contribution is -2.01. The number of esters is 1. The number of hydrogen-bond acceptors (Lipinski definition) is 3. The number of rotatable bonds is 2. The minimum atomic E-state index is -0.614. The van der Waals surface area contributed by atoms with Gasteiger partial charge in [-0.3, -0.25) is 0 Å². The van der Waals surface area contributed by atoms with Crippen LogP contribution in [0.4, 0.5) is 4.39 Å². The van der Waals surface area contributed by atoms with Crippen molar-refractivity contribution >= 4 is 39.5 Å². The highest BCUT2D eigenvalue weighted by atomic mass is 127. The molecule has 0 fully saturated rings. The van der Waals surface area contributed by atoms with Gasteiger partial charge in [0.15, 0.2) is 0 Å². The van der Waals surface area contributed by atoms with Crippen molar-refractivity contribution in [2.45, 2.75) is 0 Å². The number of aromatic nitrogens is 1. The average molecular weight is 425 g/mol. The van der Waals surface area contributed by atoms with Crippen LogP contribution in [0.1, 0.15) is 10.4 Å². The summed E-state index contributed by atoms with van der Waals surface area (Å²) in [6, 6.07) is 9.57. The molecule has 23 heavy (non-hydrogen) atoms. The quantitative estimate of drug-likeness (QED) is 0.498. The van der Waals surface area contributed by atoms with Gasteiger partial charge in [-0.2, -0.15) is 0 Å². The SMILES string of the molecule is COC(=O)c1cc2c(I)c(-c3ccccc3F)n(C)c2cc1O. The first kappa shape index (κ1) is 15.8. The summed E-state index contributed by atoms with van der Waals surface area (Å²) in [5.74, 6) is -1.10. The molecule has 3 aromatic rings. The number of halogens is 2. The second-order valence-corrected chi connectivity index (χ2v) is 6.16. The van der Waals surface area contributed by atoms with Gasteiger partial charge in [-0.05, 0) is 40.8 Å². The number of carbonyl (C=O) groups excluding carboxylic acids is 1. The summed E-state index contributed by atoms with van der Waals surface area (Å²) >= 11 is 2.12. The Labute approximate surface area is 145 Å². The van der Waals surface area contributed by atoms with Crippen LogP contribution < -0.4 is 0 Å². The van der Waals surface area contributed by atoms with Crippen LogP contribution >= 0.6 is 22.6 Å². The monoisotopic (exact) mass is 425 g/mol. The van der Waals surface area contributed by atoms with Crippen molar-refractivity contribution in [1.29, 1.82) is 0 Å². The van der Waals surface area contributed by atoms with E-state index in [0.29, 0.717) is 16.8 Å². The third kappa shape index (κ3) is 2.46. The number of phenols is 1. The second kappa shape index (κ2) is 5.84. The molecule has 0 saturated carbocycles. The van der Waals surface area contributed by atoms with Crippen LogP contribution in [0.3, 0.4) is 0 Å². The summed E-state index contributed by atoms with van der Waals surface area (Å²) in [5, 5.41) is 10.8. The smallest absolute Gasteiger partial charge is 0.341 e. The van der Waals surface area contributed by atoms with Crippen LogP contribution in [0, 0.1) is 9.39 Å². The summed E-state index contributed by atoms with van der Waals surface area (Å²) in [6.07, 6.45) is 0. The summed E-state index contributed by atoms with van der Waals surface area (Å²) in [7, 11) is 3.05. The van der Waals surface area contributed by atoms with E-state index in [9.17, 15) is 14.3 Å². The molecule has 0 bridgehead atoms. The average Bonchev–Trinajstić information content (AvgIpc) is 2.77. The molecule has 0 aliphatic rings. The molecule has 6 heteroatoms. The Morgan fingerprint density at radius 2 is 2.00 bits per heavy atom. The van der Waals surface area contributed by atoms with Crippen molar-refractivity contribution in [1.82, 2.24) is 4.57 Å². The van der Waals surface area contributed by atoms with Gasteiger partial charge in [0.05, 0.1) is 18.3 Å². The number of hydrogen-bond donors (Lipinski definition) is 1. The molecule has 1 N–H and O–H groups in total. The highest BCUT2D eigenvalue weighted by Crippen LogP contribution is 2.37. The molecule has 1 aromatic heterocycles. The van der Waals surface area contributed by atoms with Gasteiger partial charge >= 0.3 is 5.97 Å². The van der Waals surface area contributed by atoms with Crippen LogP contribution in [-0.4, -0.2) is 22.8 Å². The van der Waals surface area contributed by atoms with Crippen molar-refractivity contribution in [3.05, 3.63) is 51.3 Å². The lowest BCUT2D eigenvalue weighted by molar-refractivity contribution is 0.0597. The molecule has 0 atom stereocenters. The van der Waals surface area contributed by atoms with Gasteiger partial charge in [-0.25, -0.2) is 9.18 Å². The number of ether oxygens (including phenoxy) is 1. The normalized spacial score (nSPS) is 11.0. The van der Waals surface area contributed by atoms with Gasteiger partial charge in [-0.1, -0.05) is 12.1 Å². The van der Waals surface area contributed by atoms with Crippen molar-refractivity contribution in [2.75, 3.05) is 7.11 Å². The van der Waals surface area contributed by atoms with Crippen LogP contribution in [0.15, 0.2) is 36.4 Å². The van der Waals surface area contributed by atoms with Gasteiger partial charge in [0.25, 0.3) is 0 Å². The van der Waals surface area contributed by atoms with E-state index in [2.05, 4.69) is 27.3 Å². The Hall–Kier alpha value is -2.09. The Kier molecular flexibility index (Phi) is 4.01. The van der Waals surface area contributed by atoms with Gasteiger partial charge in [0.2, 0.25) is 0 Å². The lowest BCUT2D eigenvalue weighted by atomic mass is 10.1. The largest absolute Gasteiger partial charge is 0.507 e. The van der Waals surface area contributed by atoms with E-state index in [4.69, 9.17) is 0 Å².